The minimum absolute atomic E-state index is 0.0675. The molecule has 1 heterocycles. The van der Waals surface area contributed by atoms with Gasteiger partial charge in [0.15, 0.2) is 0 Å². The maximum atomic E-state index is 12.0. The Labute approximate surface area is 124 Å². The maximum absolute atomic E-state index is 12.0. The minimum Gasteiger partial charge on any atom is -0.379 e. The summed E-state index contributed by atoms with van der Waals surface area (Å²) in [5, 5.41) is 2.94. The van der Waals surface area contributed by atoms with Crippen LogP contribution in [-0.2, 0) is 9.53 Å². The van der Waals surface area contributed by atoms with E-state index in [4.69, 9.17) is 4.74 Å². The molecule has 1 aromatic carbocycles. The summed E-state index contributed by atoms with van der Waals surface area (Å²) >= 11 is 1.59. The van der Waals surface area contributed by atoms with Crippen LogP contribution in [0.25, 0.3) is 0 Å². The lowest BCUT2D eigenvalue weighted by molar-refractivity contribution is -0.120. The number of ether oxygens (including phenoxy) is 1. The first-order valence-electron chi connectivity index (χ1n) is 7.05. The second-order valence-corrected chi connectivity index (χ2v) is 6.23. The summed E-state index contributed by atoms with van der Waals surface area (Å²) in [7, 11) is 0. The molecule has 1 saturated heterocycles. The summed E-state index contributed by atoms with van der Waals surface area (Å²) in [4.78, 5) is 15.5. The van der Waals surface area contributed by atoms with Crippen molar-refractivity contribution in [1.29, 1.82) is 0 Å². The fourth-order valence-corrected chi connectivity index (χ4v) is 2.98. The molecule has 1 aliphatic heterocycles. The summed E-state index contributed by atoms with van der Waals surface area (Å²) in [6.07, 6.45) is 0. The lowest BCUT2D eigenvalue weighted by Gasteiger charge is -2.26. The molecular weight excluding hydrogens is 272 g/mol. The maximum Gasteiger partial charge on any atom is 0.233 e. The molecule has 110 valence electrons. The highest BCUT2D eigenvalue weighted by Crippen LogP contribution is 2.22. The van der Waals surface area contributed by atoms with Crippen LogP contribution in [0.15, 0.2) is 35.2 Å². The molecule has 0 bridgehead atoms. The highest BCUT2D eigenvalue weighted by molar-refractivity contribution is 8.00. The number of carbonyl (C=O) groups is 1. The monoisotopic (exact) mass is 294 g/mol. The van der Waals surface area contributed by atoms with Gasteiger partial charge >= 0.3 is 0 Å². The summed E-state index contributed by atoms with van der Waals surface area (Å²) in [6.45, 7) is 7.08. The van der Waals surface area contributed by atoms with Gasteiger partial charge in [-0.1, -0.05) is 18.2 Å². The molecule has 0 aliphatic carbocycles. The largest absolute Gasteiger partial charge is 0.379 e. The summed E-state index contributed by atoms with van der Waals surface area (Å²) in [6, 6.07) is 10.0. The molecule has 1 N–H and O–H groups in total. The standard InChI is InChI=1S/C15H22N2O2S/c1-13(20-14-5-3-2-4-6-14)15(18)16-7-8-17-9-11-19-12-10-17/h2-6,13H,7-12H2,1H3,(H,16,18)/t13-/m0/s1. The number of nitrogens with one attached hydrogen (secondary N) is 1. The van der Waals surface area contributed by atoms with Crippen LogP contribution in [0.2, 0.25) is 0 Å². The predicted molar refractivity (Wildman–Crippen MR) is 82.0 cm³/mol. The van der Waals surface area contributed by atoms with E-state index in [1.165, 1.54) is 0 Å². The number of hydrogen-bond acceptors (Lipinski definition) is 4. The van der Waals surface area contributed by atoms with Gasteiger partial charge in [-0.05, 0) is 19.1 Å². The Morgan fingerprint density at radius 2 is 2.05 bits per heavy atom. The number of thioether (sulfide) groups is 1. The number of benzene rings is 1. The van der Waals surface area contributed by atoms with Gasteiger partial charge < -0.3 is 10.1 Å². The molecule has 1 aromatic rings. The fraction of sp³-hybridized carbons (Fsp3) is 0.533. The SMILES string of the molecule is C[C@H](Sc1ccccc1)C(=O)NCCN1CCOCC1. The molecular formula is C15H22N2O2S. The van der Waals surface area contributed by atoms with E-state index in [2.05, 4.69) is 10.2 Å². The number of rotatable bonds is 6. The zero-order valence-corrected chi connectivity index (χ0v) is 12.7. The van der Waals surface area contributed by atoms with E-state index in [-0.39, 0.29) is 11.2 Å². The Hall–Kier alpha value is -1.04. The molecule has 2 rings (SSSR count). The zero-order valence-electron chi connectivity index (χ0n) is 11.9. The van der Waals surface area contributed by atoms with Crippen molar-refractivity contribution in [3.05, 3.63) is 30.3 Å². The van der Waals surface area contributed by atoms with Crippen LogP contribution in [0, 0.1) is 0 Å². The van der Waals surface area contributed by atoms with Gasteiger partial charge in [-0.2, -0.15) is 0 Å². The van der Waals surface area contributed by atoms with Crippen LogP contribution >= 0.6 is 11.8 Å². The van der Waals surface area contributed by atoms with Crippen LogP contribution in [-0.4, -0.2) is 55.4 Å². The van der Waals surface area contributed by atoms with Crippen molar-refractivity contribution in [3.63, 3.8) is 0 Å². The molecule has 4 nitrogen and oxygen atoms in total. The Morgan fingerprint density at radius 1 is 1.35 bits per heavy atom. The van der Waals surface area contributed by atoms with E-state index < -0.39 is 0 Å². The van der Waals surface area contributed by atoms with Crippen molar-refractivity contribution in [2.75, 3.05) is 39.4 Å². The Kier molecular flexibility index (Phi) is 6.36. The minimum atomic E-state index is -0.0675. The van der Waals surface area contributed by atoms with E-state index in [1.54, 1.807) is 11.8 Å². The predicted octanol–water partition coefficient (Wildman–Crippen LogP) is 1.62. The lowest BCUT2D eigenvalue weighted by atomic mass is 10.4. The molecule has 0 saturated carbocycles. The Balaban J connectivity index is 1.66. The molecule has 1 aliphatic rings. The van der Waals surface area contributed by atoms with Gasteiger partial charge in [-0.15, -0.1) is 11.8 Å². The normalized spacial score (nSPS) is 17.6. The summed E-state index contributed by atoms with van der Waals surface area (Å²) in [5.41, 5.74) is 0. The lowest BCUT2D eigenvalue weighted by Crippen LogP contribution is -2.42. The average molecular weight is 294 g/mol. The second-order valence-electron chi connectivity index (χ2n) is 4.82. The third-order valence-corrected chi connectivity index (χ3v) is 4.37. The molecule has 0 unspecified atom stereocenters. The van der Waals surface area contributed by atoms with Crippen LogP contribution in [0.4, 0.5) is 0 Å². The van der Waals surface area contributed by atoms with Crippen molar-refractivity contribution in [1.82, 2.24) is 10.2 Å². The number of hydrogen-bond donors (Lipinski definition) is 1. The van der Waals surface area contributed by atoms with Gasteiger partial charge in [-0.25, -0.2) is 0 Å². The molecule has 5 heteroatoms. The Bertz CT molecular complexity index is 408. The fourth-order valence-electron chi connectivity index (χ4n) is 2.06. The van der Waals surface area contributed by atoms with Crippen molar-refractivity contribution < 1.29 is 9.53 Å². The number of nitrogens with zero attached hydrogens (tertiary/aromatic N) is 1. The highest BCUT2D eigenvalue weighted by Gasteiger charge is 2.15. The molecule has 1 amide bonds. The zero-order chi connectivity index (χ0) is 14.2. The molecule has 1 atom stereocenters. The van der Waals surface area contributed by atoms with Crippen LogP contribution in [0.1, 0.15) is 6.92 Å². The highest BCUT2D eigenvalue weighted by atomic mass is 32.2. The molecule has 20 heavy (non-hydrogen) atoms. The third kappa shape index (κ3) is 5.15. The van der Waals surface area contributed by atoms with Crippen molar-refractivity contribution in [2.45, 2.75) is 17.1 Å². The van der Waals surface area contributed by atoms with Crippen LogP contribution < -0.4 is 5.32 Å². The number of amides is 1. The third-order valence-electron chi connectivity index (χ3n) is 3.26. The van der Waals surface area contributed by atoms with Crippen molar-refractivity contribution in [2.24, 2.45) is 0 Å². The van der Waals surface area contributed by atoms with Crippen LogP contribution in [0.5, 0.6) is 0 Å². The van der Waals surface area contributed by atoms with E-state index >= 15 is 0 Å². The van der Waals surface area contributed by atoms with Gasteiger partial charge in [0.2, 0.25) is 5.91 Å². The van der Waals surface area contributed by atoms with Gasteiger partial charge in [0.25, 0.3) is 0 Å². The van der Waals surface area contributed by atoms with Gasteiger partial charge in [0, 0.05) is 31.1 Å². The van der Waals surface area contributed by atoms with Crippen LogP contribution in [0.3, 0.4) is 0 Å². The molecule has 0 spiro atoms. The average Bonchev–Trinajstić information content (AvgIpc) is 2.49. The smallest absolute Gasteiger partial charge is 0.233 e. The Morgan fingerprint density at radius 3 is 2.75 bits per heavy atom. The molecule has 1 fully saturated rings. The first-order chi connectivity index (χ1) is 9.75. The topological polar surface area (TPSA) is 41.6 Å². The molecule has 0 aromatic heterocycles. The first kappa shape index (κ1) is 15.4. The van der Waals surface area contributed by atoms with E-state index in [9.17, 15) is 4.79 Å². The second kappa shape index (κ2) is 8.29. The molecule has 0 radical (unpaired) electrons. The van der Waals surface area contributed by atoms with E-state index in [0.717, 1.165) is 37.7 Å². The van der Waals surface area contributed by atoms with Crippen molar-refractivity contribution in [3.8, 4) is 0 Å². The first-order valence-corrected chi connectivity index (χ1v) is 7.93. The van der Waals surface area contributed by atoms with Gasteiger partial charge in [0.05, 0.1) is 18.5 Å². The van der Waals surface area contributed by atoms with E-state index in [1.807, 2.05) is 37.3 Å². The van der Waals surface area contributed by atoms with E-state index in [0.29, 0.717) is 6.54 Å². The number of morpholine rings is 1. The quantitative estimate of drug-likeness (QED) is 0.810. The van der Waals surface area contributed by atoms with Gasteiger partial charge in [-0.3, -0.25) is 9.69 Å². The number of carbonyl (C=O) groups excluding carboxylic acids is 1. The van der Waals surface area contributed by atoms with Gasteiger partial charge in [0.1, 0.15) is 0 Å². The summed E-state index contributed by atoms with van der Waals surface area (Å²) < 4.78 is 5.30. The van der Waals surface area contributed by atoms with Crippen molar-refractivity contribution >= 4 is 17.7 Å². The summed E-state index contributed by atoms with van der Waals surface area (Å²) in [5.74, 6) is 0.104.